The molecular formula is C27H27N4O3S+. The highest BCUT2D eigenvalue weighted by Crippen LogP contribution is 2.34. The van der Waals surface area contributed by atoms with Crippen LogP contribution >= 0.6 is 12.2 Å². The first-order valence-corrected chi connectivity index (χ1v) is 11.7. The SMILES string of the molecule is [C-]#[N+]c1ccc(N2C(=O)C(C)(C)N(CCCOc3ccc(-c4cc[n+](O)cc4)cc3)C2=S)cc1C. The van der Waals surface area contributed by atoms with Crippen molar-refractivity contribution >= 4 is 34.6 Å². The molecule has 0 radical (unpaired) electrons. The number of pyridine rings is 1. The quantitative estimate of drug-likeness (QED) is 0.169. The largest absolute Gasteiger partial charge is 0.494 e. The third kappa shape index (κ3) is 4.81. The number of aryl methyl sites for hydroxylation is 1. The number of anilines is 1. The Labute approximate surface area is 210 Å². The zero-order valence-corrected chi connectivity index (χ0v) is 20.7. The molecule has 1 aromatic heterocycles. The predicted octanol–water partition coefficient (Wildman–Crippen LogP) is 4.92. The first kappa shape index (κ1) is 24.2. The predicted molar refractivity (Wildman–Crippen MR) is 138 cm³/mol. The monoisotopic (exact) mass is 487 g/mol. The van der Waals surface area contributed by atoms with Gasteiger partial charge in [0.15, 0.2) is 10.8 Å². The summed E-state index contributed by atoms with van der Waals surface area (Å²) < 4.78 is 6.93. The van der Waals surface area contributed by atoms with Gasteiger partial charge < -0.3 is 9.64 Å². The van der Waals surface area contributed by atoms with Gasteiger partial charge in [0.05, 0.1) is 13.2 Å². The number of thiocarbonyl (C=S) groups is 1. The Morgan fingerprint density at radius 3 is 2.37 bits per heavy atom. The Morgan fingerprint density at radius 2 is 1.74 bits per heavy atom. The maximum Gasteiger partial charge on any atom is 0.258 e. The molecule has 178 valence electrons. The van der Waals surface area contributed by atoms with Crippen molar-refractivity contribution in [1.82, 2.24) is 4.90 Å². The summed E-state index contributed by atoms with van der Waals surface area (Å²) in [5.41, 5.74) is 3.32. The first-order chi connectivity index (χ1) is 16.7. The highest BCUT2D eigenvalue weighted by Gasteiger charge is 2.49. The highest BCUT2D eigenvalue weighted by molar-refractivity contribution is 7.80. The van der Waals surface area contributed by atoms with Gasteiger partial charge in [0.2, 0.25) is 12.4 Å². The van der Waals surface area contributed by atoms with Crippen molar-refractivity contribution in [3.05, 3.63) is 84.0 Å². The second-order valence-corrected chi connectivity index (χ2v) is 9.27. The normalized spacial score (nSPS) is 14.8. The Kier molecular flexibility index (Phi) is 6.72. The van der Waals surface area contributed by atoms with Crippen LogP contribution in [0.1, 0.15) is 25.8 Å². The van der Waals surface area contributed by atoms with Gasteiger partial charge in [-0.05, 0) is 80.4 Å². The van der Waals surface area contributed by atoms with Crippen LogP contribution in [0.5, 0.6) is 5.75 Å². The number of hydrogen-bond donors (Lipinski definition) is 1. The van der Waals surface area contributed by atoms with Gasteiger partial charge in [0, 0.05) is 29.1 Å². The molecule has 1 aliphatic heterocycles. The van der Waals surface area contributed by atoms with Gasteiger partial charge in [0.25, 0.3) is 5.91 Å². The van der Waals surface area contributed by atoms with E-state index >= 15 is 0 Å². The van der Waals surface area contributed by atoms with Crippen molar-refractivity contribution in [3.63, 3.8) is 0 Å². The summed E-state index contributed by atoms with van der Waals surface area (Å²) in [5.74, 6) is 0.680. The van der Waals surface area contributed by atoms with Crippen LogP contribution in [0.3, 0.4) is 0 Å². The smallest absolute Gasteiger partial charge is 0.258 e. The van der Waals surface area contributed by atoms with E-state index in [1.807, 2.05) is 68.1 Å². The molecule has 2 heterocycles. The summed E-state index contributed by atoms with van der Waals surface area (Å²) in [6, 6.07) is 16.8. The van der Waals surface area contributed by atoms with Crippen molar-refractivity contribution in [2.75, 3.05) is 18.1 Å². The molecule has 2 aromatic carbocycles. The molecule has 1 aliphatic rings. The van der Waals surface area contributed by atoms with E-state index in [0.29, 0.717) is 36.1 Å². The second-order valence-electron chi connectivity index (χ2n) is 8.91. The minimum absolute atomic E-state index is 0.0819. The molecule has 1 saturated heterocycles. The summed E-state index contributed by atoms with van der Waals surface area (Å²) in [6.45, 7) is 13.9. The van der Waals surface area contributed by atoms with E-state index in [-0.39, 0.29) is 5.91 Å². The minimum Gasteiger partial charge on any atom is -0.494 e. The van der Waals surface area contributed by atoms with Gasteiger partial charge in [-0.2, -0.15) is 0 Å². The maximum atomic E-state index is 13.2. The number of ether oxygens (including phenoxy) is 1. The van der Waals surface area contributed by atoms with E-state index in [1.54, 1.807) is 29.4 Å². The van der Waals surface area contributed by atoms with Crippen molar-refractivity contribution in [1.29, 1.82) is 0 Å². The fraction of sp³-hybridized carbons (Fsp3) is 0.259. The second kappa shape index (κ2) is 9.72. The van der Waals surface area contributed by atoms with Crippen molar-refractivity contribution in [3.8, 4) is 16.9 Å². The summed E-state index contributed by atoms with van der Waals surface area (Å²) >= 11 is 5.70. The maximum absolute atomic E-state index is 13.2. The van der Waals surface area contributed by atoms with Gasteiger partial charge in [-0.25, -0.2) is 4.85 Å². The molecule has 8 heteroatoms. The topological polar surface area (TPSA) is 61.2 Å². The summed E-state index contributed by atoms with van der Waals surface area (Å²) in [6.07, 6.45) is 3.86. The number of nitrogens with zero attached hydrogens (tertiary/aromatic N) is 4. The Balaban J connectivity index is 1.36. The van der Waals surface area contributed by atoms with E-state index in [0.717, 1.165) is 27.2 Å². The van der Waals surface area contributed by atoms with Crippen LogP contribution in [-0.2, 0) is 4.79 Å². The Bertz CT molecular complexity index is 1300. The third-order valence-corrected chi connectivity index (χ3v) is 6.58. The highest BCUT2D eigenvalue weighted by atomic mass is 32.1. The number of rotatable bonds is 7. The summed E-state index contributed by atoms with van der Waals surface area (Å²) in [4.78, 5) is 20.2. The molecule has 1 N–H and O–H groups in total. The zero-order valence-electron chi connectivity index (χ0n) is 19.9. The number of carbonyl (C=O) groups excluding carboxylic acids is 1. The molecule has 1 amide bonds. The Morgan fingerprint density at radius 1 is 1.09 bits per heavy atom. The van der Waals surface area contributed by atoms with Crippen molar-refractivity contribution in [2.45, 2.75) is 32.7 Å². The van der Waals surface area contributed by atoms with E-state index in [2.05, 4.69) is 4.85 Å². The van der Waals surface area contributed by atoms with Crippen LogP contribution in [0.4, 0.5) is 11.4 Å². The molecule has 0 atom stereocenters. The van der Waals surface area contributed by atoms with Gasteiger partial charge >= 0.3 is 0 Å². The lowest BCUT2D eigenvalue weighted by Crippen LogP contribution is -2.44. The van der Waals surface area contributed by atoms with E-state index < -0.39 is 5.54 Å². The molecule has 0 saturated carbocycles. The lowest BCUT2D eigenvalue weighted by atomic mass is 10.0. The molecule has 7 nitrogen and oxygen atoms in total. The van der Waals surface area contributed by atoms with Crippen LogP contribution in [0.2, 0.25) is 0 Å². The fourth-order valence-corrected chi connectivity index (χ4v) is 4.62. The van der Waals surface area contributed by atoms with Gasteiger partial charge in [-0.1, -0.05) is 18.2 Å². The summed E-state index contributed by atoms with van der Waals surface area (Å²) in [5, 5.41) is 9.83. The van der Waals surface area contributed by atoms with E-state index in [4.69, 9.17) is 23.5 Å². The van der Waals surface area contributed by atoms with Crippen LogP contribution in [-0.4, -0.2) is 39.8 Å². The molecule has 0 bridgehead atoms. The average molecular weight is 488 g/mol. The molecule has 0 unspecified atom stereocenters. The molecule has 35 heavy (non-hydrogen) atoms. The fourth-order valence-electron chi connectivity index (χ4n) is 4.11. The Hall–Kier alpha value is -3.96. The molecule has 0 spiro atoms. The molecule has 4 rings (SSSR count). The number of aromatic nitrogens is 1. The lowest BCUT2D eigenvalue weighted by Gasteiger charge is -2.29. The molecule has 3 aromatic rings. The molecular weight excluding hydrogens is 460 g/mol. The number of carbonyl (C=O) groups is 1. The molecule has 0 aliphatic carbocycles. The summed E-state index contributed by atoms with van der Waals surface area (Å²) in [7, 11) is 0. The van der Waals surface area contributed by atoms with E-state index in [1.165, 1.54) is 0 Å². The number of amides is 1. The van der Waals surface area contributed by atoms with Crippen LogP contribution in [0.15, 0.2) is 67.0 Å². The average Bonchev–Trinajstić information content (AvgIpc) is 3.01. The minimum atomic E-state index is -0.770. The van der Waals surface area contributed by atoms with Crippen LogP contribution in [0.25, 0.3) is 16.0 Å². The van der Waals surface area contributed by atoms with Crippen molar-refractivity contribution in [2.24, 2.45) is 0 Å². The van der Waals surface area contributed by atoms with E-state index in [9.17, 15) is 10.0 Å². The number of benzene rings is 2. The number of hydrogen-bond acceptors (Lipinski definition) is 4. The van der Waals surface area contributed by atoms with Gasteiger partial charge in [-0.3, -0.25) is 14.9 Å². The first-order valence-electron chi connectivity index (χ1n) is 11.3. The third-order valence-electron chi connectivity index (χ3n) is 6.18. The van der Waals surface area contributed by atoms with Crippen molar-refractivity contribution < 1.29 is 19.5 Å². The van der Waals surface area contributed by atoms with Gasteiger partial charge in [-0.15, -0.1) is 0 Å². The standard InChI is InChI=1S/C27H27N4O3S/c1-19-18-22(8-11-24(19)28-4)31-25(32)27(2,3)30(26(31)35)14-5-17-34-23-9-6-20(7-10-23)21-12-15-29(33)16-13-21/h6-13,15-16,18,33H,5,14,17H2,1-3H3/q+1. The zero-order chi connectivity index (χ0) is 25.2. The van der Waals surface area contributed by atoms with Crippen LogP contribution < -0.4 is 14.4 Å². The van der Waals surface area contributed by atoms with Gasteiger partial charge in [0.1, 0.15) is 11.3 Å². The lowest BCUT2D eigenvalue weighted by molar-refractivity contribution is -0.904. The van der Waals surface area contributed by atoms with Crippen LogP contribution in [0, 0.1) is 13.5 Å². The molecule has 1 fully saturated rings.